The Bertz CT molecular complexity index is 745. The Balaban J connectivity index is 1.82. The molecular weight excluding hydrogens is 338 g/mol. The molecule has 7 heteroatoms. The summed E-state index contributed by atoms with van der Waals surface area (Å²) >= 11 is 1.48. The van der Waals surface area contributed by atoms with Crippen LogP contribution in [0.5, 0.6) is 0 Å². The summed E-state index contributed by atoms with van der Waals surface area (Å²) in [5.74, 6) is -1.89. The second kappa shape index (κ2) is 6.80. The summed E-state index contributed by atoms with van der Waals surface area (Å²) in [5, 5.41) is 12.1. The molecule has 4 N–H and O–H groups in total. The highest BCUT2D eigenvalue weighted by atomic mass is 32.2. The Morgan fingerprint density at radius 3 is 2.92 bits per heavy atom. The standard InChI is InChI=1S/C18H23N3O3S/c1-18(2)6-5-13-11(8-18)14(17(23)24)16(25-13)21-15(22)10-4-3-7-20-12(10)9-19/h3-4,7,14,16H,5-6,8-9,19H2,1-2H3,(H,21,22)(H,23,24). The molecule has 1 aliphatic carbocycles. The Hall–Kier alpha value is -1.86. The quantitative estimate of drug-likeness (QED) is 0.761. The fourth-order valence-corrected chi connectivity index (χ4v) is 5.00. The van der Waals surface area contributed by atoms with Crippen LogP contribution < -0.4 is 11.1 Å². The van der Waals surface area contributed by atoms with Crippen molar-refractivity contribution in [3.8, 4) is 0 Å². The molecule has 134 valence electrons. The van der Waals surface area contributed by atoms with E-state index in [0.717, 1.165) is 29.7 Å². The number of aromatic nitrogens is 1. The van der Waals surface area contributed by atoms with Crippen LogP contribution in [-0.4, -0.2) is 27.3 Å². The molecule has 0 spiro atoms. The van der Waals surface area contributed by atoms with Crippen molar-refractivity contribution in [2.75, 3.05) is 0 Å². The lowest BCUT2D eigenvalue weighted by atomic mass is 9.74. The summed E-state index contributed by atoms with van der Waals surface area (Å²) in [6.07, 6.45) is 4.27. The van der Waals surface area contributed by atoms with Gasteiger partial charge in [-0.05, 0) is 47.3 Å². The molecule has 2 heterocycles. The maximum absolute atomic E-state index is 12.7. The number of nitrogens with two attached hydrogens (primary N) is 1. The molecule has 0 radical (unpaired) electrons. The lowest BCUT2D eigenvalue weighted by molar-refractivity contribution is -0.140. The van der Waals surface area contributed by atoms with Crippen LogP contribution in [0.4, 0.5) is 0 Å². The van der Waals surface area contributed by atoms with Gasteiger partial charge >= 0.3 is 5.97 Å². The van der Waals surface area contributed by atoms with Crippen LogP contribution in [0.15, 0.2) is 28.8 Å². The van der Waals surface area contributed by atoms with Crippen molar-refractivity contribution in [3.63, 3.8) is 0 Å². The van der Waals surface area contributed by atoms with Gasteiger partial charge in [0.2, 0.25) is 0 Å². The average molecular weight is 361 g/mol. The first kappa shape index (κ1) is 17.9. The van der Waals surface area contributed by atoms with Crippen molar-refractivity contribution >= 4 is 23.6 Å². The fourth-order valence-electron chi connectivity index (χ4n) is 3.54. The number of aliphatic carboxylic acids is 1. The van der Waals surface area contributed by atoms with Gasteiger partial charge < -0.3 is 16.2 Å². The van der Waals surface area contributed by atoms with Crippen LogP contribution in [0.3, 0.4) is 0 Å². The molecule has 0 bridgehead atoms. The van der Waals surface area contributed by atoms with Gasteiger partial charge in [-0.15, -0.1) is 11.8 Å². The van der Waals surface area contributed by atoms with E-state index < -0.39 is 17.3 Å². The third-order valence-corrected chi connectivity index (χ3v) is 6.27. The lowest BCUT2D eigenvalue weighted by Crippen LogP contribution is -2.40. The minimum atomic E-state index is -0.884. The number of carbonyl (C=O) groups is 2. The minimum absolute atomic E-state index is 0.0993. The van der Waals surface area contributed by atoms with Gasteiger partial charge in [-0.1, -0.05) is 13.8 Å². The Morgan fingerprint density at radius 1 is 1.48 bits per heavy atom. The predicted octanol–water partition coefficient (Wildman–Crippen LogP) is 2.51. The van der Waals surface area contributed by atoms with E-state index in [2.05, 4.69) is 24.1 Å². The molecule has 3 rings (SSSR count). The molecule has 1 aromatic rings. The first-order valence-electron chi connectivity index (χ1n) is 8.38. The summed E-state index contributed by atoms with van der Waals surface area (Å²) in [4.78, 5) is 29.8. The second-order valence-corrected chi connectivity index (χ2v) is 8.56. The van der Waals surface area contributed by atoms with E-state index in [4.69, 9.17) is 5.73 Å². The van der Waals surface area contributed by atoms with Crippen LogP contribution in [0.25, 0.3) is 0 Å². The Kier molecular flexibility index (Phi) is 4.88. The van der Waals surface area contributed by atoms with Crippen molar-refractivity contribution in [2.45, 2.75) is 45.0 Å². The topological polar surface area (TPSA) is 105 Å². The summed E-state index contributed by atoms with van der Waals surface area (Å²) in [6.45, 7) is 4.48. The summed E-state index contributed by atoms with van der Waals surface area (Å²) in [7, 11) is 0. The van der Waals surface area contributed by atoms with E-state index in [0.29, 0.717) is 11.3 Å². The van der Waals surface area contributed by atoms with Gasteiger partial charge in [0, 0.05) is 12.7 Å². The smallest absolute Gasteiger partial charge is 0.313 e. The number of allylic oxidation sites excluding steroid dienone is 1. The Labute approximate surface area is 151 Å². The van der Waals surface area contributed by atoms with E-state index >= 15 is 0 Å². The number of amides is 1. The number of nitrogens with one attached hydrogen (secondary N) is 1. The van der Waals surface area contributed by atoms with Crippen molar-refractivity contribution in [3.05, 3.63) is 40.1 Å². The number of thioether (sulfide) groups is 1. The zero-order chi connectivity index (χ0) is 18.2. The molecule has 1 aliphatic heterocycles. The maximum atomic E-state index is 12.7. The predicted molar refractivity (Wildman–Crippen MR) is 96.8 cm³/mol. The van der Waals surface area contributed by atoms with Crippen molar-refractivity contribution < 1.29 is 14.7 Å². The second-order valence-electron chi connectivity index (χ2n) is 7.32. The molecule has 6 nitrogen and oxygen atoms in total. The monoisotopic (exact) mass is 361 g/mol. The number of pyridine rings is 1. The third kappa shape index (κ3) is 3.57. The highest BCUT2D eigenvalue weighted by Gasteiger charge is 2.45. The average Bonchev–Trinajstić information content (AvgIpc) is 2.90. The fraction of sp³-hybridized carbons (Fsp3) is 0.500. The van der Waals surface area contributed by atoms with E-state index in [9.17, 15) is 14.7 Å². The molecule has 0 saturated carbocycles. The van der Waals surface area contributed by atoms with Crippen LogP contribution in [0.1, 0.15) is 49.2 Å². The maximum Gasteiger partial charge on any atom is 0.313 e. The van der Waals surface area contributed by atoms with Crippen LogP contribution in [0.2, 0.25) is 0 Å². The number of carboxylic acid groups (broad SMARTS) is 1. The lowest BCUT2D eigenvalue weighted by Gasteiger charge is -2.31. The highest BCUT2D eigenvalue weighted by molar-refractivity contribution is 8.04. The number of nitrogens with zero attached hydrogens (tertiary/aromatic N) is 1. The third-order valence-electron chi connectivity index (χ3n) is 4.87. The zero-order valence-electron chi connectivity index (χ0n) is 14.4. The molecule has 25 heavy (non-hydrogen) atoms. The summed E-state index contributed by atoms with van der Waals surface area (Å²) in [6, 6.07) is 3.34. The molecule has 2 unspecified atom stereocenters. The minimum Gasteiger partial charge on any atom is -0.481 e. The van der Waals surface area contributed by atoms with E-state index in [1.807, 2.05) is 0 Å². The Morgan fingerprint density at radius 2 is 2.24 bits per heavy atom. The van der Waals surface area contributed by atoms with E-state index in [1.54, 1.807) is 18.3 Å². The SMILES string of the molecule is CC1(C)CCC2=C(C1)C(C(=O)O)C(NC(=O)c1cccnc1CN)S2. The molecule has 1 aromatic heterocycles. The zero-order valence-corrected chi connectivity index (χ0v) is 15.2. The molecular formula is C18H23N3O3S. The number of hydrogen-bond donors (Lipinski definition) is 3. The van der Waals surface area contributed by atoms with Gasteiger partial charge in [0.05, 0.1) is 16.6 Å². The van der Waals surface area contributed by atoms with E-state index in [-0.39, 0.29) is 17.9 Å². The number of rotatable bonds is 4. The number of carbonyl (C=O) groups excluding carboxylic acids is 1. The van der Waals surface area contributed by atoms with Gasteiger partial charge in [-0.2, -0.15) is 0 Å². The molecule has 1 amide bonds. The van der Waals surface area contributed by atoms with Gasteiger partial charge in [-0.3, -0.25) is 14.6 Å². The van der Waals surface area contributed by atoms with Gasteiger partial charge in [0.1, 0.15) is 5.92 Å². The normalized spacial score (nSPS) is 24.8. The molecule has 0 fully saturated rings. The van der Waals surface area contributed by atoms with Gasteiger partial charge in [-0.25, -0.2) is 0 Å². The van der Waals surface area contributed by atoms with Gasteiger partial charge in [0.25, 0.3) is 5.91 Å². The first-order chi connectivity index (χ1) is 11.8. The van der Waals surface area contributed by atoms with Crippen LogP contribution in [0, 0.1) is 11.3 Å². The number of hydrogen-bond acceptors (Lipinski definition) is 5. The first-order valence-corrected chi connectivity index (χ1v) is 9.26. The molecule has 0 aromatic carbocycles. The van der Waals surface area contributed by atoms with E-state index in [1.165, 1.54) is 11.8 Å². The summed E-state index contributed by atoms with van der Waals surface area (Å²) in [5.41, 5.74) is 7.63. The molecule has 2 aliphatic rings. The largest absolute Gasteiger partial charge is 0.481 e. The van der Waals surface area contributed by atoms with Gasteiger partial charge in [0.15, 0.2) is 0 Å². The number of carboxylic acids is 1. The van der Waals surface area contributed by atoms with Crippen molar-refractivity contribution in [1.29, 1.82) is 0 Å². The van der Waals surface area contributed by atoms with Crippen LogP contribution >= 0.6 is 11.8 Å². The van der Waals surface area contributed by atoms with Crippen LogP contribution in [-0.2, 0) is 11.3 Å². The highest BCUT2D eigenvalue weighted by Crippen LogP contribution is 2.52. The summed E-state index contributed by atoms with van der Waals surface area (Å²) < 4.78 is 0. The molecule has 0 saturated heterocycles. The molecule has 2 atom stereocenters. The van der Waals surface area contributed by atoms with Crippen molar-refractivity contribution in [1.82, 2.24) is 10.3 Å². The van der Waals surface area contributed by atoms with Crippen molar-refractivity contribution in [2.24, 2.45) is 17.1 Å².